The van der Waals surface area contributed by atoms with E-state index in [9.17, 15) is 9.59 Å². The van der Waals surface area contributed by atoms with E-state index in [2.05, 4.69) is 20.8 Å². The van der Waals surface area contributed by atoms with Crippen LogP contribution in [-0.2, 0) is 20.9 Å². The van der Waals surface area contributed by atoms with Crippen molar-refractivity contribution in [1.29, 1.82) is 0 Å². The summed E-state index contributed by atoms with van der Waals surface area (Å²) >= 11 is 0. The van der Waals surface area contributed by atoms with Gasteiger partial charge in [-0.2, -0.15) is 0 Å². The van der Waals surface area contributed by atoms with Gasteiger partial charge in [-0.3, -0.25) is 9.69 Å². The number of amides is 2. The van der Waals surface area contributed by atoms with E-state index in [4.69, 9.17) is 9.47 Å². The summed E-state index contributed by atoms with van der Waals surface area (Å²) in [5, 5.41) is 0. The van der Waals surface area contributed by atoms with E-state index < -0.39 is 18.4 Å². The van der Waals surface area contributed by atoms with Crippen molar-refractivity contribution in [3.8, 4) is 0 Å². The fraction of sp³-hybridized carbons (Fsp3) is 0.724. The average Bonchev–Trinajstić information content (AvgIpc) is 3.15. The molecular formula is C29H44N2O4. The molecule has 1 aliphatic heterocycles. The van der Waals surface area contributed by atoms with Gasteiger partial charge in [0.25, 0.3) is 0 Å². The molecule has 1 heterocycles. The largest absolute Gasteiger partial charge is 0.444 e. The molecule has 0 unspecified atom stereocenters. The van der Waals surface area contributed by atoms with Gasteiger partial charge in [-0.25, -0.2) is 4.79 Å². The standard InChI is InChI=1S/C29H44N2O4/c1-7-12-23(25(32)30(5)6)31(26(33)34-20-21-13-9-8-10-14-21)24-15-11-17-29(35-24)19-22-16-18-28(29,4)27(22,2)3/h8-10,13-14,22-24H,7,11-12,15-20H2,1-6H3/t22-,23-,24-,28-,29-/m1/s1. The molecule has 2 aliphatic carbocycles. The van der Waals surface area contributed by atoms with Crippen LogP contribution < -0.4 is 0 Å². The summed E-state index contributed by atoms with van der Waals surface area (Å²) in [5.41, 5.74) is 0.943. The molecule has 35 heavy (non-hydrogen) atoms. The Hall–Kier alpha value is -2.08. The van der Waals surface area contributed by atoms with Crippen LogP contribution in [0.4, 0.5) is 4.79 Å². The SMILES string of the molecule is CCC[C@H](C(=O)N(C)C)N(C(=O)OCc1ccccc1)[C@H]1CCC[C@]2(C[C@H]3CC[C@]2(C)C3(C)C)O1. The van der Waals surface area contributed by atoms with Crippen molar-refractivity contribution in [2.24, 2.45) is 16.7 Å². The van der Waals surface area contributed by atoms with Crippen molar-refractivity contribution in [3.63, 3.8) is 0 Å². The zero-order valence-corrected chi connectivity index (χ0v) is 22.5. The molecule has 0 aromatic heterocycles. The van der Waals surface area contributed by atoms with E-state index in [1.165, 1.54) is 6.42 Å². The Kier molecular flexibility index (Phi) is 7.25. The molecule has 6 nitrogen and oxygen atoms in total. The number of carbonyl (C=O) groups is 2. The van der Waals surface area contributed by atoms with Gasteiger partial charge in [-0.05, 0) is 61.8 Å². The molecular weight excluding hydrogens is 440 g/mol. The minimum Gasteiger partial charge on any atom is -0.444 e. The van der Waals surface area contributed by atoms with Gasteiger partial charge in [0.15, 0.2) is 0 Å². The molecule has 2 bridgehead atoms. The zero-order chi connectivity index (χ0) is 25.4. The molecule has 2 saturated carbocycles. The van der Waals surface area contributed by atoms with Crippen molar-refractivity contribution in [3.05, 3.63) is 35.9 Å². The molecule has 3 fully saturated rings. The first kappa shape index (κ1) is 26.0. The lowest BCUT2D eigenvalue weighted by molar-refractivity contribution is -0.234. The minimum absolute atomic E-state index is 0.0642. The number of nitrogens with zero attached hydrogens (tertiary/aromatic N) is 2. The Labute approximate surface area is 211 Å². The van der Waals surface area contributed by atoms with E-state index in [1.807, 2.05) is 37.3 Å². The maximum Gasteiger partial charge on any atom is 0.412 e. The number of hydrogen-bond donors (Lipinski definition) is 0. The molecule has 0 radical (unpaired) electrons. The molecule has 2 amide bonds. The first-order chi connectivity index (χ1) is 16.6. The monoisotopic (exact) mass is 484 g/mol. The number of likely N-dealkylation sites (N-methyl/N-ethyl adjacent to an activating group) is 1. The van der Waals surface area contributed by atoms with E-state index in [0.717, 1.165) is 44.1 Å². The van der Waals surface area contributed by atoms with Gasteiger partial charge in [0.2, 0.25) is 5.91 Å². The van der Waals surface area contributed by atoms with Gasteiger partial charge in [-0.1, -0.05) is 64.4 Å². The number of fused-ring (bicyclic) bond motifs is 3. The van der Waals surface area contributed by atoms with Crippen molar-refractivity contribution in [1.82, 2.24) is 9.80 Å². The van der Waals surface area contributed by atoms with Crippen LogP contribution in [0.2, 0.25) is 0 Å². The smallest absolute Gasteiger partial charge is 0.412 e. The van der Waals surface area contributed by atoms with E-state index in [-0.39, 0.29) is 28.9 Å². The van der Waals surface area contributed by atoms with Gasteiger partial charge in [-0.15, -0.1) is 0 Å². The van der Waals surface area contributed by atoms with Gasteiger partial charge in [0, 0.05) is 19.5 Å². The van der Waals surface area contributed by atoms with Gasteiger partial charge in [0.1, 0.15) is 18.9 Å². The van der Waals surface area contributed by atoms with Crippen molar-refractivity contribution in [2.45, 2.75) is 104 Å². The lowest BCUT2D eigenvalue weighted by Crippen LogP contribution is -2.61. The summed E-state index contributed by atoms with van der Waals surface area (Å²) in [7, 11) is 3.50. The second-order valence-corrected chi connectivity index (χ2v) is 11.9. The second-order valence-electron chi connectivity index (χ2n) is 11.9. The topological polar surface area (TPSA) is 59.1 Å². The Morgan fingerprint density at radius 2 is 1.83 bits per heavy atom. The third-order valence-corrected chi connectivity index (χ3v) is 9.76. The first-order valence-corrected chi connectivity index (χ1v) is 13.4. The molecule has 194 valence electrons. The van der Waals surface area contributed by atoms with Crippen molar-refractivity contribution < 1.29 is 19.1 Å². The minimum atomic E-state index is -0.599. The molecule has 1 spiro atoms. The summed E-state index contributed by atoms with van der Waals surface area (Å²) in [6, 6.07) is 9.09. The summed E-state index contributed by atoms with van der Waals surface area (Å²) in [5.74, 6) is 0.561. The van der Waals surface area contributed by atoms with Crippen LogP contribution in [0.15, 0.2) is 30.3 Å². The summed E-state index contributed by atoms with van der Waals surface area (Å²) in [6.07, 6.45) is 6.63. The molecule has 5 atom stereocenters. The summed E-state index contributed by atoms with van der Waals surface area (Å²) in [4.78, 5) is 30.2. The Morgan fingerprint density at radius 3 is 2.40 bits per heavy atom. The number of hydrogen-bond acceptors (Lipinski definition) is 4. The highest BCUT2D eigenvalue weighted by molar-refractivity contribution is 5.85. The van der Waals surface area contributed by atoms with Gasteiger partial charge < -0.3 is 14.4 Å². The Bertz CT molecular complexity index is 917. The van der Waals surface area contributed by atoms with Crippen LogP contribution in [0.5, 0.6) is 0 Å². The predicted molar refractivity (Wildman–Crippen MR) is 137 cm³/mol. The molecule has 1 aromatic carbocycles. The highest BCUT2D eigenvalue weighted by Crippen LogP contribution is 2.72. The predicted octanol–water partition coefficient (Wildman–Crippen LogP) is 5.99. The number of rotatable bonds is 7. The average molecular weight is 485 g/mol. The van der Waals surface area contributed by atoms with Crippen LogP contribution >= 0.6 is 0 Å². The lowest BCUT2D eigenvalue weighted by Gasteiger charge is -2.54. The molecule has 6 heteroatoms. The molecule has 1 saturated heterocycles. The van der Waals surface area contributed by atoms with Crippen LogP contribution in [0.3, 0.4) is 0 Å². The van der Waals surface area contributed by atoms with Crippen LogP contribution in [-0.4, -0.2) is 53.8 Å². The fourth-order valence-electron chi connectivity index (χ4n) is 7.28. The third kappa shape index (κ3) is 4.36. The van der Waals surface area contributed by atoms with Crippen molar-refractivity contribution in [2.75, 3.05) is 14.1 Å². The van der Waals surface area contributed by atoms with Gasteiger partial charge in [0.05, 0.1) is 5.60 Å². The van der Waals surface area contributed by atoms with Crippen LogP contribution in [0.1, 0.15) is 84.6 Å². The quantitative estimate of drug-likeness (QED) is 0.477. The zero-order valence-electron chi connectivity index (χ0n) is 22.5. The van der Waals surface area contributed by atoms with Gasteiger partial charge >= 0.3 is 6.09 Å². The highest BCUT2D eigenvalue weighted by Gasteiger charge is 2.70. The maximum atomic E-state index is 13.7. The first-order valence-electron chi connectivity index (χ1n) is 13.4. The summed E-state index contributed by atoms with van der Waals surface area (Å²) in [6.45, 7) is 9.42. The van der Waals surface area contributed by atoms with Crippen LogP contribution in [0.25, 0.3) is 0 Å². The number of carbonyl (C=O) groups excluding carboxylic acids is 2. The van der Waals surface area contributed by atoms with Crippen LogP contribution in [0, 0.1) is 16.7 Å². The molecule has 0 N–H and O–H groups in total. The Morgan fingerprint density at radius 1 is 1.11 bits per heavy atom. The number of benzene rings is 1. The maximum absolute atomic E-state index is 13.7. The van der Waals surface area contributed by atoms with E-state index in [1.54, 1.807) is 23.9 Å². The normalized spacial score (nSPS) is 31.8. The lowest BCUT2D eigenvalue weighted by atomic mass is 9.62. The second kappa shape index (κ2) is 9.76. The molecule has 3 aliphatic rings. The third-order valence-electron chi connectivity index (χ3n) is 9.76. The fourth-order valence-corrected chi connectivity index (χ4v) is 7.28. The van der Waals surface area contributed by atoms with E-state index >= 15 is 0 Å². The molecule has 4 rings (SSSR count). The van der Waals surface area contributed by atoms with Crippen molar-refractivity contribution >= 4 is 12.0 Å². The highest BCUT2D eigenvalue weighted by atomic mass is 16.6. The number of ether oxygens (including phenoxy) is 2. The summed E-state index contributed by atoms with van der Waals surface area (Å²) < 4.78 is 12.9. The Balaban J connectivity index is 1.63. The van der Waals surface area contributed by atoms with E-state index in [0.29, 0.717) is 12.3 Å². The molecule has 1 aromatic rings.